The molecule has 30 heavy (non-hydrogen) atoms. The molecule has 0 spiro atoms. The third kappa shape index (κ3) is 7.30. The molecule has 1 aromatic carbocycles. The molecule has 1 heterocycles. The van der Waals surface area contributed by atoms with Gasteiger partial charge in [0.15, 0.2) is 0 Å². The number of nitrogens with zero attached hydrogens (tertiary/aromatic N) is 1. The van der Waals surface area contributed by atoms with E-state index in [-0.39, 0.29) is 49.3 Å². The molecule has 0 atom stereocenters. The summed E-state index contributed by atoms with van der Waals surface area (Å²) in [6.45, 7) is 5.76. The maximum atomic E-state index is 12.7. The summed E-state index contributed by atoms with van der Waals surface area (Å²) in [6.07, 6.45) is -0.0161. The number of alkyl carbamates (subject to hydrolysis) is 1. The number of hydrogen-bond donors (Lipinski definition) is 3. The van der Waals surface area contributed by atoms with Gasteiger partial charge in [-0.3, -0.25) is 9.59 Å². The molecule has 3 amide bonds. The summed E-state index contributed by atoms with van der Waals surface area (Å²) < 4.78 is 31.7. The van der Waals surface area contributed by atoms with Crippen molar-refractivity contribution in [2.24, 2.45) is 0 Å². The van der Waals surface area contributed by atoms with E-state index in [1.165, 1.54) is 18.2 Å². The van der Waals surface area contributed by atoms with E-state index in [0.717, 1.165) is 4.31 Å². The van der Waals surface area contributed by atoms with Crippen LogP contribution in [0.2, 0.25) is 0 Å². The lowest BCUT2D eigenvalue weighted by Gasteiger charge is -2.26. The van der Waals surface area contributed by atoms with Gasteiger partial charge in [-0.25, -0.2) is 13.2 Å². The minimum Gasteiger partial charge on any atom is -0.444 e. The van der Waals surface area contributed by atoms with Gasteiger partial charge in [-0.2, -0.15) is 4.31 Å². The molecule has 0 saturated carbocycles. The molecule has 2 rings (SSSR count). The Morgan fingerprint density at radius 1 is 1.27 bits per heavy atom. The zero-order valence-corrected chi connectivity index (χ0v) is 18.2. The number of amides is 3. The van der Waals surface area contributed by atoms with Crippen LogP contribution < -0.4 is 16.0 Å². The fraction of sp³-hybridized carbons (Fsp3) is 0.526. The van der Waals surface area contributed by atoms with Crippen molar-refractivity contribution in [3.8, 4) is 0 Å². The van der Waals surface area contributed by atoms with Gasteiger partial charge in [-0.15, -0.1) is 0 Å². The number of sulfonamides is 1. The van der Waals surface area contributed by atoms with Gasteiger partial charge in [-0.05, 0) is 45.4 Å². The second-order valence-electron chi connectivity index (χ2n) is 7.80. The van der Waals surface area contributed by atoms with E-state index in [4.69, 9.17) is 4.74 Å². The van der Waals surface area contributed by atoms with Crippen LogP contribution >= 0.6 is 0 Å². The monoisotopic (exact) mass is 440 g/mol. The van der Waals surface area contributed by atoms with Gasteiger partial charge in [0.05, 0.1) is 11.4 Å². The van der Waals surface area contributed by atoms with E-state index < -0.39 is 21.7 Å². The number of anilines is 1. The van der Waals surface area contributed by atoms with Crippen LogP contribution in [0, 0.1) is 0 Å². The van der Waals surface area contributed by atoms with Crippen LogP contribution in [-0.4, -0.2) is 62.4 Å². The van der Waals surface area contributed by atoms with Gasteiger partial charge in [0, 0.05) is 31.7 Å². The first-order valence-electron chi connectivity index (χ1n) is 9.61. The number of piperazine rings is 1. The molecule has 1 fully saturated rings. The lowest BCUT2D eigenvalue weighted by Crippen LogP contribution is -2.49. The Hall–Kier alpha value is -2.66. The molecule has 1 aromatic rings. The third-order valence-electron chi connectivity index (χ3n) is 4.01. The quantitative estimate of drug-likeness (QED) is 0.543. The molecule has 1 aliphatic rings. The van der Waals surface area contributed by atoms with Gasteiger partial charge in [0.2, 0.25) is 21.8 Å². The third-order valence-corrected chi connectivity index (χ3v) is 5.85. The Morgan fingerprint density at radius 3 is 2.67 bits per heavy atom. The predicted octanol–water partition coefficient (Wildman–Crippen LogP) is 1.05. The SMILES string of the molecule is CC(C)(C)OC(=O)NCCCC(=O)Nc1cccc(S(=O)(=O)N2CCNC(=O)C2)c1. The van der Waals surface area contributed by atoms with Gasteiger partial charge in [0.1, 0.15) is 5.60 Å². The van der Waals surface area contributed by atoms with Crippen molar-refractivity contribution >= 4 is 33.6 Å². The number of benzene rings is 1. The summed E-state index contributed by atoms with van der Waals surface area (Å²) in [5.41, 5.74) is -0.257. The summed E-state index contributed by atoms with van der Waals surface area (Å²) in [7, 11) is -3.84. The molecule has 0 aromatic heterocycles. The van der Waals surface area contributed by atoms with E-state index in [9.17, 15) is 22.8 Å². The molecule has 166 valence electrons. The molecule has 1 aliphatic heterocycles. The fourth-order valence-corrected chi connectivity index (χ4v) is 4.12. The average Bonchev–Trinajstić information content (AvgIpc) is 2.64. The van der Waals surface area contributed by atoms with Crippen LogP contribution in [0.15, 0.2) is 29.2 Å². The number of hydrogen-bond acceptors (Lipinski definition) is 6. The van der Waals surface area contributed by atoms with Crippen molar-refractivity contribution in [3.63, 3.8) is 0 Å². The summed E-state index contributed by atoms with van der Waals surface area (Å²) in [5, 5.41) is 7.80. The lowest BCUT2D eigenvalue weighted by atomic mass is 10.2. The topological polar surface area (TPSA) is 134 Å². The summed E-state index contributed by atoms with van der Waals surface area (Å²) >= 11 is 0. The summed E-state index contributed by atoms with van der Waals surface area (Å²) in [4.78, 5) is 35.2. The Morgan fingerprint density at radius 2 is 2.00 bits per heavy atom. The predicted molar refractivity (Wildman–Crippen MR) is 110 cm³/mol. The molecule has 11 heteroatoms. The van der Waals surface area contributed by atoms with E-state index in [0.29, 0.717) is 12.1 Å². The molecule has 0 radical (unpaired) electrons. The first-order valence-corrected chi connectivity index (χ1v) is 11.0. The van der Waals surface area contributed by atoms with Crippen molar-refractivity contribution in [3.05, 3.63) is 24.3 Å². The highest BCUT2D eigenvalue weighted by Gasteiger charge is 2.29. The highest BCUT2D eigenvalue weighted by molar-refractivity contribution is 7.89. The molecule has 3 N–H and O–H groups in total. The number of carbonyl (C=O) groups is 3. The zero-order valence-electron chi connectivity index (χ0n) is 17.4. The molecule has 1 saturated heterocycles. The van der Waals surface area contributed by atoms with E-state index in [1.807, 2.05) is 0 Å². The molecular formula is C19H28N4O6S. The zero-order chi connectivity index (χ0) is 22.4. The van der Waals surface area contributed by atoms with Crippen molar-refractivity contribution in [1.82, 2.24) is 14.9 Å². The number of carbonyl (C=O) groups excluding carboxylic acids is 3. The molecule has 10 nitrogen and oxygen atoms in total. The van der Waals surface area contributed by atoms with Gasteiger partial charge in [0.25, 0.3) is 0 Å². The Kier molecular flexibility index (Phi) is 7.79. The van der Waals surface area contributed by atoms with Gasteiger partial charge >= 0.3 is 6.09 Å². The normalized spacial score (nSPS) is 15.2. The Labute approximate surface area is 176 Å². The number of rotatable bonds is 7. The van der Waals surface area contributed by atoms with Crippen LogP contribution in [-0.2, 0) is 24.3 Å². The summed E-state index contributed by atoms with van der Waals surface area (Å²) in [5.74, 6) is -0.665. The molecule has 0 bridgehead atoms. The van der Waals surface area contributed by atoms with Crippen molar-refractivity contribution in [2.45, 2.75) is 44.1 Å². The molecular weight excluding hydrogens is 412 g/mol. The van der Waals surface area contributed by atoms with Gasteiger partial charge < -0.3 is 20.7 Å². The standard InChI is InChI=1S/C19H28N4O6S/c1-19(2,3)29-18(26)21-9-5-8-16(24)22-14-6-4-7-15(12-14)30(27,28)23-11-10-20-17(25)13-23/h4,6-7,12H,5,8-11,13H2,1-3H3,(H,20,25)(H,21,26)(H,22,24). The maximum absolute atomic E-state index is 12.7. The minimum atomic E-state index is -3.84. The van der Waals surface area contributed by atoms with E-state index in [1.54, 1.807) is 26.8 Å². The first kappa shape index (κ1) is 23.6. The smallest absolute Gasteiger partial charge is 0.407 e. The highest BCUT2D eigenvalue weighted by Crippen LogP contribution is 2.20. The Balaban J connectivity index is 1.87. The van der Waals surface area contributed by atoms with Crippen molar-refractivity contribution in [2.75, 3.05) is 31.5 Å². The Bertz CT molecular complexity index is 895. The largest absolute Gasteiger partial charge is 0.444 e. The van der Waals surface area contributed by atoms with Crippen LogP contribution in [0.1, 0.15) is 33.6 Å². The average molecular weight is 441 g/mol. The second kappa shape index (κ2) is 9.90. The fourth-order valence-electron chi connectivity index (χ4n) is 2.68. The second-order valence-corrected chi connectivity index (χ2v) is 9.73. The van der Waals surface area contributed by atoms with E-state index >= 15 is 0 Å². The molecule has 0 aliphatic carbocycles. The maximum Gasteiger partial charge on any atom is 0.407 e. The van der Waals surface area contributed by atoms with Crippen LogP contribution in [0.3, 0.4) is 0 Å². The van der Waals surface area contributed by atoms with Gasteiger partial charge in [-0.1, -0.05) is 6.07 Å². The highest BCUT2D eigenvalue weighted by atomic mass is 32.2. The number of ether oxygens (including phenoxy) is 1. The lowest BCUT2D eigenvalue weighted by molar-refractivity contribution is -0.122. The van der Waals surface area contributed by atoms with E-state index in [2.05, 4.69) is 16.0 Å². The van der Waals surface area contributed by atoms with Crippen molar-refractivity contribution in [1.29, 1.82) is 0 Å². The van der Waals surface area contributed by atoms with Crippen LogP contribution in [0.5, 0.6) is 0 Å². The summed E-state index contributed by atoms with van der Waals surface area (Å²) in [6, 6.07) is 5.89. The minimum absolute atomic E-state index is 0.00147. The van der Waals surface area contributed by atoms with Crippen LogP contribution in [0.4, 0.5) is 10.5 Å². The van der Waals surface area contributed by atoms with Crippen molar-refractivity contribution < 1.29 is 27.5 Å². The number of nitrogens with one attached hydrogen (secondary N) is 3. The first-order chi connectivity index (χ1) is 14.0. The molecule has 0 unspecified atom stereocenters. The van der Waals surface area contributed by atoms with Crippen LogP contribution in [0.25, 0.3) is 0 Å².